The molecule has 1 aromatic carbocycles. The third kappa shape index (κ3) is 6.57. The van der Waals surface area contributed by atoms with Crippen LogP contribution in [0.2, 0.25) is 0 Å². The molecule has 0 aliphatic heterocycles. The topological polar surface area (TPSA) is 41.1 Å². The van der Waals surface area contributed by atoms with Crippen LogP contribution in [0.4, 0.5) is 18.9 Å². The number of anilines is 1. The Hall–Kier alpha value is -1.63. The molecule has 3 nitrogen and oxygen atoms in total. The SMILES string of the molecule is CC(C)(C)CC(=O)NC(=S)Nc1cccc(C(F)(F)F)c1. The first kappa shape index (κ1) is 17.4. The van der Waals surface area contributed by atoms with Crippen molar-refractivity contribution in [3.63, 3.8) is 0 Å². The number of alkyl halides is 3. The summed E-state index contributed by atoms with van der Waals surface area (Å²) >= 11 is 4.91. The van der Waals surface area contributed by atoms with Crippen LogP contribution in [0.5, 0.6) is 0 Å². The molecule has 0 atom stereocenters. The summed E-state index contributed by atoms with van der Waals surface area (Å²) in [5.74, 6) is -0.285. The van der Waals surface area contributed by atoms with Crippen molar-refractivity contribution in [3.8, 4) is 0 Å². The van der Waals surface area contributed by atoms with Gasteiger partial charge in [-0.2, -0.15) is 13.2 Å². The van der Waals surface area contributed by atoms with Gasteiger partial charge in [0.2, 0.25) is 5.91 Å². The van der Waals surface area contributed by atoms with Crippen LogP contribution in [0.3, 0.4) is 0 Å². The molecular weight excluding hydrogens is 301 g/mol. The van der Waals surface area contributed by atoms with Crippen LogP contribution in [0.15, 0.2) is 24.3 Å². The average Bonchev–Trinajstić information content (AvgIpc) is 2.24. The molecule has 0 saturated heterocycles. The third-order valence-electron chi connectivity index (χ3n) is 2.39. The van der Waals surface area contributed by atoms with Gasteiger partial charge < -0.3 is 10.6 Å². The number of amides is 1. The molecule has 1 rings (SSSR count). The Bertz CT molecular complexity index is 536. The molecule has 0 radical (unpaired) electrons. The van der Waals surface area contributed by atoms with Gasteiger partial charge in [0, 0.05) is 12.1 Å². The van der Waals surface area contributed by atoms with E-state index < -0.39 is 11.7 Å². The van der Waals surface area contributed by atoms with Gasteiger partial charge in [0.15, 0.2) is 5.11 Å². The second kappa shape index (κ2) is 6.43. The molecule has 0 aliphatic carbocycles. The Morgan fingerprint density at radius 3 is 2.38 bits per heavy atom. The molecule has 0 spiro atoms. The first-order chi connectivity index (χ1) is 9.47. The number of carbonyl (C=O) groups is 1. The Balaban J connectivity index is 2.66. The van der Waals surface area contributed by atoms with E-state index in [1.54, 1.807) is 0 Å². The van der Waals surface area contributed by atoms with E-state index in [-0.39, 0.29) is 28.5 Å². The van der Waals surface area contributed by atoms with Crippen molar-refractivity contribution in [1.82, 2.24) is 5.32 Å². The summed E-state index contributed by atoms with van der Waals surface area (Å²) in [7, 11) is 0. The molecule has 21 heavy (non-hydrogen) atoms. The van der Waals surface area contributed by atoms with Crippen LogP contribution < -0.4 is 10.6 Å². The largest absolute Gasteiger partial charge is 0.416 e. The second-order valence-electron chi connectivity index (χ2n) is 5.82. The van der Waals surface area contributed by atoms with E-state index in [1.807, 2.05) is 20.8 Å². The minimum absolute atomic E-state index is 0.0245. The van der Waals surface area contributed by atoms with Crippen LogP contribution in [-0.2, 0) is 11.0 Å². The molecule has 0 aliphatic rings. The molecule has 0 bridgehead atoms. The first-order valence-corrected chi connectivity index (χ1v) is 6.66. The van der Waals surface area contributed by atoms with E-state index in [0.29, 0.717) is 0 Å². The van der Waals surface area contributed by atoms with Gasteiger partial charge in [-0.05, 0) is 35.8 Å². The summed E-state index contributed by atoms with van der Waals surface area (Å²) in [6, 6.07) is 4.61. The Morgan fingerprint density at radius 2 is 1.86 bits per heavy atom. The molecule has 0 aromatic heterocycles. The van der Waals surface area contributed by atoms with E-state index in [9.17, 15) is 18.0 Å². The van der Waals surface area contributed by atoms with Gasteiger partial charge in [0.05, 0.1) is 5.56 Å². The molecule has 1 aromatic rings. The predicted molar refractivity (Wildman–Crippen MR) is 79.9 cm³/mol. The third-order valence-corrected chi connectivity index (χ3v) is 2.60. The first-order valence-electron chi connectivity index (χ1n) is 6.25. The lowest BCUT2D eigenvalue weighted by atomic mass is 9.92. The van der Waals surface area contributed by atoms with Crippen molar-refractivity contribution in [2.75, 3.05) is 5.32 Å². The zero-order valence-electron chi connectivity index (χ0n) is 12.0. The average molecular weight is 318 g/mol. The lowest BCUT2D eigenvalue weighted by molar-refractivity contribution is -0.137. The van der Waals surface area contributed by atoms with Crippen molar-refractivity contribution in [1.29, 1.82) is 0 Å². The fourth-order valence-electron chi connectivity index (χ4n) is 1.59. The van der Waals surface area contributed by atoms with Crippen LogP contribution in [0.1, 0.15) is 32.8 Å². The highest BCUT2D eigenvalue weighted by Crippen LogP contribution is 2.30. The maximum Gasteiger partial charge on any atom is 0.416 e. The van der Waals surface area contributed by atoms with Crippen molar-refractivity contribution in [2.24, 2.45) is 5.41 Å². The molecule has 7 heteroatoms. The van der Waals surface area contributed by atoms with Gasteiger partial charge in [0.1, 0.15) is 0 Å². The zero-order chi connectivity index (χ0) is 16.3. The normalized spacial score (nSPS) is 11.9. The number of halogens is 3. The lowest BCUT2D eigenvalue weighted by Crippen LogP contribution is -2.36. The highest BCUT2D eigenvalue weighted by atomic mass is 32.1. The Morgan fingerprint density at radius 1 is 1.24 bits per heavy atom. The molecule has 116 valence electrons. The molecule has 2 N–H and O–H groups in total. The highest BCUT2D eigenvalue weighted by molar-refractivity contribution is 7.80. The summed E-state index contributed by atoms with van der Waals surface area (Å²) in [4.78, 5) is 11.7. The predicted octanol–water partition coefficient (Wildman–Crippen LogP) is 3.95. The quantitative estimate of drug-likeness (QED) is 0.811. The molecule has 0 saturated carbocycles. The maximum absolute atomic E-state index is 12.6. The van der Waals surface area contributed by atoms with E-state index in [0.717, 1.165) is 12.1 Å². The second-order valence-corrected chi connectivity index (χ2v) is 6.23. The lowest BCUT2D eigenvalue weighted by Gasteiger charge is -2.18. The van der Waals surface area contributed by atoms with Crippen LogP contribution >= 0.6 is 12.2 Å². The summed E-state index contributed by atoms with van der Waals surface area (Å²) in [5.41, 5.74) is -0.808. The standard InChI is InChI=1S/C14H17F3N2OS/c1-13(2,3)8-11(20)19-12(21)18-10-6-4-5-9(7-10)14(15,16)17/h4-7H,8H2,1-3H3,(H2,18,19,20,21). The number of benzene rings is 1. The molecular formula is C14H17F3N2OS. The van der Waals surface area contributed by atoms with E-state index in [4.69, 9.17) is 12.2 Å². The van der Waals surface area contributed by atoms with Crippen molar-refractivity contribution in [3.05, 3.63) is 29.8 Å². The number of hydrogen-bond donors (Lipinski definition) is 2. The van der Waals surface area contributed by atoms with Crippen LogP contribution in [0, 0.1) is 5.41 Å². The molecule has 0 heterocycles. The van der Waals surface area contributed by atoms with Gasteiger partial charge in [-0.1, -0.05) is 26.8 Å². The fraction of sp³-hybridized carbons (Fsp3) is 0.429. The van der Waals surface area contributed by atoms with E-state index in [1.165, 1.54) is 12.1 Å². The Kier molecular flexibility index (Phi) is 5.33. The van der Waals surface area contributed by atoms with E-state index >= 15 is 0 Å². The van der Waals surface area contributed by atoms with Crippen molar-refractivity contribution < 1.29 is 18.0 Å². The van der Waals surface area contributed by atoms with Crippen molar-refractivity contribution >= 4 is 28.9 Å². The number of hydrogen-bond acceptors (Lipinski definition) is 2. The molecule has 0 fully saturated rings. The molecule has 0 unspecified atom stereocenters. The minimum atomic E-state index is -4.42. The van der Waals surface area contributed by atoms with Gasteiger partial charge in [-0.3, -0.25) is 4.79 Å². The van der Waals surface area contributed by atoms with Gasteiger partial charge in [-0.15, -0.1) is 0 Å². The summed E-state index contributed by atoms with van der Waals surface area (Å²) < 4.78 is 37.7. The van der Waals surface area contributed by atoms with E-state index in [2.05, 4.69) is 10.6 Å². The maximum atomic E-state index is 12.6. The number of carbonyl (C=O) groups excluding carboxylic acids is 1. The Labute approximate surface area is 126 Å². The fourth-order valence-corrected chi connectivity index (χ4v) is 1.82. The summed E-state index contributed by atoms with van der Waals surface area (Å²) in [5, 5.41) is 4.99. The summed E-state index contributed by atoms with van der Waals surface area (Å²) in [6.07, 6.45) is -4.16. The monoisotopic (exact) mass is 318 g/mol. The van der Waals surface area contributed by atoms with Crippen molar-refractivity contribution in [2.45, 2.75) is 33.4 Å². The summed E-state index contributed by atoms with van der Waals surface area (Å²) in [6.45, 7) is 5.70. The van der Waals surface area contributed by atoms with Crippen LogP contribution in [-0.4, -0.2) is 11.0 Å². The highest BCUT2D eigenvalue weighted by Gasteiger charge is 2.30. The van der Waals surface area contributed by atoms with Gasteiger partial charge >= 0.3 is 6.18 Å². The van der Waals surface area contributed by atoms with Gasteiger partial charge in [-0.25, -0.2) is 0 Å². The van der Waals surface area contributed by atoms with Gasteiger partial charge in [0.25, 0.3) is 0 Å². The zero-order valence-corrected chi connectivity index (χ0v) is 12.8. The van der Waals surface area contributed by atoms with Crippen LogP contribution in [0.25, 0.3) is 0 Å². The molecule has 1 amide bonds. The number of nitrogens with one attached hydrogen (secondary N) is 2. The minimum Gasteiger partial charge on any atom is -0.332 e. The number of rotatable bonds is 2. The smallest absolute Gasteiger partial charge is 0.332 e. The number of thiocarbonyl (C=S) groups is 1.